The average molecular weight is 333 g/mol. The van der Waals surface area contributed by atoms with E-state index in [0.717, 1.165) is 11.6 Å². The SMILES string of the molecule is C/C(=N/NS(=O)(=O)c1ccc(C)c([N+](=O)[O-])c1)c1ccccc1. The van der Waals surface area contributed by atoms with Crippen molar-refractivity contribution < 1.29 is 13.3 Å². The van der Waals surface area contributed by atoms with Crippen LogP contribution in [0.5, 0.6) is 0 Å². The Kier molecular flexibility index (Phi) is 4.75. The minimum atomic E-state index is -3.98. The van der Waals surface area contributed by atoms with Gasteiger partial charge in [0.05, 0.1) is 15.5 Å². The summed E-state index contributed by atoms with van der Waals surface area (Å²) in [6.45, 7) is 3.20. The van der Waals surface area contributed by atoms with Gasteiger partial charge in [0.25, 0.3) is 15.7 Å². The summed E-state index contributed by atoms with van der Waals surface area (Å²) < 4.78 is 24.4. The minimum Gasteiger partial charge on any atom is -0.258 e. The van der Waals surface area contributed by atoms with Gasteiger partial charge in [-0.2, -0.15) is 18.4 Å². The molecule has 0 heterocycles. The summed E-state index contributed by atoms with van der Waals surface area (Å²) in [4.78, 5) is 12.2. The van der Waals surface area contributed by atoms with E-state index in [9.17, 15) is 18.5 Å². The van der Waals surface area contributed by atoms with Crippen LogP contribution in [0.25, 0.3) is 0 Å². The zero-order valence-corrected chi connectivity index (χ0v) is 13.4. The van der Waals surface area contributed by atoms with Crippen molar-refractivity contribution in [2.45, 2.75) is 18.7 Å². The molecule has 7 nitrogen and oxygen atoms in total. The molecule has 0 aliphatic carbocycles. The lowest BCUT2D eigenvalue weighted by molar-refractivity contribution is -0.385. The van der Waals surface area contributed by atoms with Gasteiger partial charge in [0.15, 0.2) is 0 Å². The summed E-state index contributed by atoms with van der Waals surface area (Å²) in [6.07, 6.45) is 0. The van der Waals surface area contributed by atoms with E-state index < -0.39 is 14.9 Å². The summed E-state index contributed by atoms with van der Waals surface area (Å²) in [5.74, 6) is 0. The zero-order valence-electron chi connectivity index (χ0n) is 12.6. The molecule has 0 aliphatic heterocycles. The van der Waals surface area contributed by atoms with E-state index in [1.54, 1.807) is 26.0 Å². The molecule has 0 unspecified atom stereocenters. The van der Waals surface area contributed by atoms with E-state index in [1.807, 2.05) is 18.2 Å². The van der Waals surface area contributed by atoms with Crippen LogP contribution in [-0.4, -0.2) is 19.1 Å². The number of aryl methyl sites for hydroxylation is 1. The number of nitrogens with zero attached hydrogens (tertiary/aromatic N) is 2. The third-order valence-electron chi connectivity index (χ3n) is 3.21. The fraction of sp³-hybridized carbons (Fsp3) is 0.133. The fourth-order valence-corrected chi connectivity index (χ4v) is 2.75. The van der Waals surface area contributed by atoms with Gasteiger partial charge in [0.1, 0.15) is 0 Å². The first kappa shape index (κ1) is 16.6. The Hall–Kier alpha value is -2.74. The predicted octanol–water partition coefficient (Wildman–Crippen LogP) is 2.61. The van der Waals surface area contributed by atoms with Crippen LogP contribution in [0.2, 0.25) is 0 Å². The molecule has 2 aromatic carbocycles. The highest BCUT2D eigenvalue weighted by Crippen LogP contribution is 2.22. The maximum absolute atomic E-state index is 12.2. The van der Waals surface area contributed by atoms with Gasteiger partial charge in [-0.1, -0.05) is 36.4 Å². The second kappa shape index (κ2) is 6.57. The molecule has 0 aromatic heterocycles. The molecule has 0 bridgehead atoms. The molecule has 0 saturated carbocycles. The Balaban J connectivity index is 2.29. The Morgan fingerprint density at radius 3 is 2.43 bits per heavy atom. The van der Waals surface area contributed by atoms with Crippen LogP contribution in [0, 0.1) is 17.0 Å². The van der Waals surface area contributed by atoms with Crippen LogP contribution in [0.15, 0.2) is 58.5 Å². The zero-order chi connectivity index (χ0) is 17.0. The fourth-order valence-electron chi connectivity index (χ4n) is 1.88. The maximum Gasteiger partial charge on any atom is 0.276 e. The first-order valence-corrected chi connectivity index (χ1v) is 8.16. The number of hydrazone groups is 1. The van der Waals surface area contributed by atoms with E-state index in [2.05, 4.69) is 9.93 Å². The lowest BCUT2D eigenvalue weighted by Gasteiger charge is -2.06. The molecule has 0 radical (unpaired) electrons. The highest BCUT2D eigenvalue weighted by molar-refractivity contribution is 7.89. The first-order chi connectivity index (χ1) is 10.8. The molecule has 0 spiro atoms. The Morgan fingerprint density at radius 2 is 1.83 bits per heavy atom. The van der Waals surface area contributed by atoms with Gasteiger partial charge in [-0.05, 0) is 25.5 Å². The topological polar surface area (TPSA) is 102 Å². The minimum absolute atomic E-state index is 0.209. The summed E-state index contributed by atoms with van der Waals surface area (Å²) in [5.41, 5.74) is 1.38. The van der Waals surface area contributed by atoms with Crippen molar-refractivity contribution in [3.05, 3.63) is 69.8 Å². The quantitative estimate of drug-likeness (QED) is 0.516. The molecule has 0 amide bonds. The van der Waals surface area contributed by atoms with E-state index in [0.29, 0.717) is 11.3 Å². The number of benzene rings is 2. The Bertz CT molecular complexity index is 862. The molecular formula is C15H15N3O4S. The third-order valence-corrected chi connectivity index (χ3v) is 4.42. The highest BCUT2D eigenvalue weighted by atomic mass is 32.2. The highest BCUT2D eigenvalue weighted by Gasteiger charge is 2.19. The van der Waals surface area contributed by atoms with Crippen molar-refractivity contribution in [3.63, 3.8) is 0 Å². The molecule has 0 saturated heterocycles. The van der Waals surface area contributed by atoms with Crippen LogP contribution >= 0.6 is 0 Å². The number of nitrogens with one attached hydrogen (secondary N) is 1. The molecule has 0 atom stereocenters. The summed E-state index contributed by atoms with van der Waals surface area (Å²) in [6, 6.07) is 12.8. The van der Waals surface area contributed by atoms with E-state index in [-0.39, 0.29) is 10.6 Å². The van der Waals surface area contributed by atoms with Crippen molar-refractivity contribution in [1.82, 2.24) is 4.83 Å². The molecule has 8 heteroatoms. The normalized spacial score (nSPS) is 12.0. The van der Waals surface area contributed by atoms with Crippen LogP contribution < -0.4 is 4.83 Å². The number of rotatable bonds is 5. The van der Waals surface area contributed by atoms with Crippen molar-refractivity contribution in [2.24, 2.45) is 5.10 Å². The Labute approximate surface area is 133 Å². The van der Waals surface area contributed by atoms with E-state index in [4.69, 9.17) is 0 Å². The van der Waals surface area contributed by atoms with Gasteiger partial charge < -0.3 is 0 Å². The second-order valence-corrected chi connectivity index (χ2v) is 6.52. The van der Waals surface area contributed by atoms with Crippen LogP contribution in [0.1, 0.15) is 18.1 Å². The van der Waals surface area contributed by atoms with E-state index in [1.165, 1.54) is 12.1 Å². The van der Waals surface area contributed by atoms with Crippen molar-refractivity contribution >= 4 is 21.4 Å². The largest absolute Gasteiger partial charge is 0.276 e. The number of sulfonamides is 1. The van der Waals surface area contributed by atoms with Gasteiger partial charge in [-0.15, -0.1) is 0 Å². The van der Waals surface area contributed by atoms with E-state index >= 15 is 0 Å². The van der Waals surface area contributed by atoms with Crippen LogP contribution in [-0.2, 0) is 10.0 Å². The molecule has 23 heavy (non-hydrogen) atoms. The van der Waals surface area contributed by atoms with Gasteiger partial charge >= 0.3 is 0 Å². The van der Waals surface area contributed by atoms with Gasteiger partial charge in [-0.3, -0.25) is 10.1 Å². The standard InChI is InChI=1S/C15H15N3O4S/c1-11-8-9-14(10-15(11)18(19)20)23(21,22)17-16-12(2)13-6-4-3-5-7-13/h3-10,17H,1-2H3/b16-12-. The third kappa shape index (κ3) is 3.92. The summed E-state index contributed by atoms with van der Waals surface area (Å²) >= 11 is 0. The maximum atomic E-state index is 12.2. The van der Waals surface area contributed by atoms with Crippen molar-refractivity contribution in [1.29, 1.82) is 0 Å². The lowest BCUT2D eigenvalue weighted by atomic mass is 10.1. The number of hydrogen-bond acceptors (Lipinski definition) is 5. The first-order valence-electron chi connectivity index (χ1n) is 6.68. The van der Waals surface area contributed by atoms with Gasteiger partial charge in [0.2, 0.25) is 0 Å². The average Bonchev–Trinajstić information content (AvgIpc) is 2.53. The summed E-state index contributed by atoms with van der Waals surface area (Å²) in [5, 5.41) is 14.8. The second-order valence-electron chi connectivity index (χ2n) is 4.86. The number of nitro benzene ring substituents is 1. The number of hydrogen-bond donors (Lipinski definition) is 1. The predicted molar refractivity (Wildman–Crippen MR) is 86.8 cm³/mol. The van der Waals surface area contributed by atoms with Gasteiger partial charge in [-0.25, -0.2) is 0 Å². The Morgan fingerprint density at radius 1 is 1.17 bits per heavy atom. The summed E-state index contributed by atoms with van der Waals surface area (Å²) in [7, 11) is -3.98. The van der Waals surface area contributed by atoms with Crippen LogP contribution in [0.3, 0.4) is 0 Å². The molecular weight excluding hydrogens is 318 g/mol. The molecule has 1 N–H and O–H groups in total. The molecule has 2 rings (SSSR count). The van der Waals surface area contributed by atoms with Gasteiger partial charge in [0, 0.05) is 11.6 Å². The number of nitro groups is 1. The molecule has 2 aromatic rings. The monoisotopic (exact) mass is 333 g/mol. The van der Waals surface area contributed by atoms with Crippen molar-refractivity contribution in [2.75, 3.05) is 0 Å². The lowest BCUT2D eigenvalue weighted by Crippen LogP contribution is -2.20. The smallest absolute Gasteiger partial charge is 0.258 e. The van der Waals surface area contributed by atoms with Crippen LogP contribution in [0.4, 0.5) is 5.69 Å². The van der Waals surface area contributed by atoms with Crippen molar-refractivity contribution in [3.8, 4) is 0 Å². The molecule has 120 valence electrons. The molecule has 0 aliphatic rings. The molecule has 0 fully saturated rings.